The molecule has 1 atom stereocenters. The number of carbonyl (C=O) groups excluding carboxylic acids is 1. The summed E-state index contributed by atoms with van der Waals surface area (Å²) < 4.78 is 5.26. The lowest BCUT2D eigenvalue weighted by atomic mass is 10.3. The van der Waals surface area contributed by atoms with Crippen molar-refractivity contribution in [3.8, 4) is 0 Å². The third-order valence-corrected chi connectivity index (χ3v) is 2.66. The molecule has 1 fully saturated rings. The lowest BCUT2D eigenvalue weighted by molar-refractivity contribution is -0.132. The molecule has 15 heavy (non-hydrogen) atoms. The molecular weight excluding hydrogens is 192 g/mol. The standard InChI is InChI=1S/C11H22N2O2/c1-3-15-9-5-8-13-7-4-6-12-10(2)11(13)14/h10,12H,3-9H2,1-2H3. The molecule has 4 nitrogen and oxygen atoms in total. The van der Waals surface area contributed by atoms with E-state index in [2.05, 4.69) is 5.32 Å². The van der Waals surface area contributed by atoms with Gasteiger partial charge in [0.2, 0.25) is 5.91 Å². The van der Waals surface area contributed by atoms with Crippen molar-refractivity contribution < 1.29 is 9.53 Å². The second kappa shape index (κ2) is 6.80. The summed E-state index contributed by atoms with van der Waals surface area (Å²) in [4.78, 5) is 13.8. The third kappa shape index (κ3) is 4.18. The molecule has 0 aromatic carbocycles. The largest absolute Gasteiger partial charge is 0.382 e. The first-order valence-corrected chi connectivity index (χ1v) is 5.85. The van der Waals surface area contributed by atoms with Crippen molar-refractivity contribution in [3.05, 3.63) is 0 Å². The minimum atomic E-state index is -0.0282. The molecule has 0 aliphatic carbocycles. The van der Waals surface area contributed by atoms with Crippen molar-refractivity contribution in [2.24, 2.45) is 0 Å². The Labute approximate surface area is 92.0 Å². The molecule has 88 valence electrons. The highest BCUT2D eigenvalue weighted by Gasteiger charge is 2.21. The van der Waals surface area contributed by atoms with Crippen LogP contribution in [0.2, 0.25) is 0 Å². The van der Waals surface area contributed by atoms with Crippen LogP contribution in [0.25, 0.3) is 0 Å². The van der Waals surface area contributed by atoms with Crippen molar-refractivity contribution in [3.63, 3.8) is 0 Å². The lowest BCUT2D eigenvalue weighted by Gasteiger charge is -2.22. The topological polar surface area (TPSA) is 41.6 Å². The zero-order valence-electron chi connectivity index (χ0n) is 9.79. The van der Waals surface area contributed by atoms with Gasteiger partial charge < -0.3 is 15.0 Å². The van der Waals surface area contributed by atoms with E-state index in [0.717, 1.165) is 45.7 Å². The Balaban J connectivity index is 2.28. The van der Waals surface area contributed by atoms with Gasteiger partial charge in [-0.1, -0.05) is 0 Å². The normalized spacial score (nSPS) is 22.9. The molecule has 0 bridgehead atoms. The molecule has 1 saturated heterocycles. The van der Waals surface area contributed by atoms with Gasteiger partial charge in [0.25, 0.3) is 0 Å². The molecule has 0 saturated carbocycles. The number of hydrogen-bond donors (Lipinski definition) is 1. The molecule has 1 rings (SSSR count). The molecule has 1 heterocycles. The molecule has 1 amide bonds. The minimum absolute atomic E-state index is 0.0282. The maximum absolute atomic E-state index is 11.8. The van der Waals surface area contributed by atoms with Crippen LogP contribution in [0.5, 0.6) is 0 Å². The van der Waals surface area contributed by atoms with Crippen LogP contribution in [0.4, 0.5) is 0 Å². The first-order chi connectivity index (χ1) is 7.25. The van der Waals surface area contributed by atoms with Crippen molar-refractivity contribution in [1.29, 1.82) is 0 Å². The summed E-state index contributed by atoms with van der Waals surface area (Å²) in [6, 6.07) is -0.0282. The molecule has 1 unspecified atom stereocenters. The fraction of sp³-hybridized carbons (Fsp3) is 0.909. The summed E-state index contributed by atoms with van der Waals surface area (Å²) in [5, 5.41) is 3.20. The molecule has 1 N–H and O–H groups in total. The zero-order valence-corrected chi connectivity index (χ0v) is 9.79. The van der Waals surface area contributed by atoms with Crippen molar-refractivity contribution in [2.75, 3.05) is 32.8 Å². The molecule has 0 radical (unpaired) electrons. The van der Waals surface area contributed by atoms with Gasteiger partial charge in [-0.05, 0) is 33.2 Å². The summed E-state index contributed by atoms with van der Waals surface area (Å²) in [5.41, 5.74) is 0. The SMILES string of the molecule is CCOCCCN1CCCNC(C)C1=O. The fourth-order valence-corrected chi connectivity index (χ4v) is 1.78. The highest BCUT2D eigenvalue weighted by atomic mass is 16.5. The maximum atomic E-state index is 11.8. The summed E-state index contributed by atoms with van der Waals surface area (Å²) in [6.07, 6.45) is 1.98. The van der Waals surface area contributed by atoms with E-state index in [-0.39, 0.29) is 11.9 Å². The number of carbonyl (C=O) groups is 1. The van der Waals surface area contributed by atoms with E-state index in [4.69, 9.17) is 4.74 Å². The predicted octanol–water partition coefficient (Wildman–Crippen LogP) is 0.623. The van der Waals surface area contributed by atoms with Crippen LogP contribution < -0.4 is 5.32 Å². The Morgan fingerprint density at radius 2 is 2.40 bits per heavy atom. The molecular formula is C11H22N2O2. The van der Waals surface area contributed by atoms with E-state index in [1.165, 1.54) is 0 Å². The van der Waals surface area contributed by atoms with Crippen LogP contribution in [0.1, 0.15) is 26.7 Å². The molecule has 0 aromatic rings. The van der Waals surface area contributed by atoms with Crippen LogP contribution in [0.3, 0.4) is 0 Å². The van der Waals surface area contributed by atoms with Gasteiger partial charge in [-0.25, -0.2) is 0 Å². The highest BCUT2D eigenvalue weighted by Crippen LogP contribution is 2.03. The summed E-state index contributed by atoms with van der Waals surface area (Å²) in [7, 11) is 0. The smallest absolute Gasteiger partial charge is 0.239 e. The van der Waals surface area contributed by atoms with E-state index < -0.39 is 0 Å². The zero-order chi connectivity index (χ0) is 11.1. The van der Waals surface area contributed by atoms with Gasteiger partial charge >= 0.3 is 0 Å². The Morgan fingerprint density at radius 1 is 1.60 bits per heavy atom. The molecule has 1 aliphatic heterocycles. The van der Waals surface area contributed by atoms with E-state index in [1.54, 1.807) is 0 Å². The van der Waals surface area contributed by atoms with E-state index in [0.29, 0.717) is 0 Å². The monoisotopic (exact) mass is 214 g/mol. The van der Waals surface area contributed by atoms with Crippen LogP contribution in [-0.2, 0) is 9.53 Å². The average Bonchev–Trinajstić information content (AvgIpc) is 2.39. The summed E-state index contributed by atoms with van der Waals surface area (Å²) in [6.45, 7) is 8.07. The van der Waals surface area contributed by atoms with Crippen LogP contribution in [-0.4, -0.2) is 49.7 Å². The van der Waals surface area contributed by atoms with Gasteiger partial charge in [0.15, 0.2) is 0 Å². The van der Waals surface area contributed by atoms with Crippen molar-refractivity contribution in [1.82, 2.24) is 10.2 Å². The van der Waals surface area contributed by atoms with E-state index in [1.807, 2.05) is 18.7 Å². The number of nitrogens with zero attached hydrogens (tertiary/aromatic N) is 1. The fourth-order valence-electron chi connectivity index (χ4n) is 1.78. The number of amides is 1. The predicted molar refractivity (Wildman–Crippen MR) is 59.8 cm³/mol. The number of hydrogen-bond acceptors (Lipinski definition) is 3. The summed E-state index contributed by atoms with van der Waals surface area (Å²) in [5.74, 6) is 0.226. The third-order valence-electron chi connectivity index (χ3n) is 2.66. The van der Waals surface area contributed by atoms with E-state index in [9.17, 15) is 4.79 Å². The Kier molecular flexibility index (Phi) is 5.65. The second-order valence-corrected chi connectivity index (χ2v) is 3.91. The van der Waals surface area contributed by atoms with Crippen LogP contribution in [0.15, 0.2) is 0 Å². The molecule has 1 aliphatic rings. The van der Waals surface area contributed by atoms with Gasteiger partial charge in [0.1, 0.15) is 0 Å². The van der Waals surface area contributed by atoms with Crippen molar-refractivity contribution in [2.45, 2.75) is 32.7 Å². The van der Waals surface area contributed by atoms with Crippen LogP contribution >= 0.6 is 0 Å². The number of ether oxygens (including phenoxy) is 1. The van der Waals surface area contributed by atoms with E-state index >= 15 is 0 Å². The van der Waals surface area contributed by atoms with Crippen LogP contribution in [0, 0.1) is 0 Å². The van der Waals surface area contributed by atoms with Gasteiger partial charge in [-0.2, -0.15) is 0 Å². The molecule has 4 heteroatoms. The van der Waals surface area contributed by atoms with Gasteiger partial charge in [-0.15, -0.1) is 0 Å². The molecule has 0 aromatic heterocycles. The first kappa shape index (κ1) is 12.5. The highest BCUT2D eigenvalue weighted by molar-refractivity contribution is 5.81. The Hall–Kier alpha value is -0.610. The Bertz CT molecular complexity index is 197. The second-order valence-electron chi connectivity index (χ2n) is 3.91. The maximum Gasteiger partial charge on any atom is 0.239 e. The van der Waals surface area contributed by atoms with Gasteiger partial charge in [0, 0.05) is 26.3 Å². The number of rotatable bonds is 5. The molecule has 0 spiro atoms. The first-order valence-electron chi connectivity index (χ1n) is 5.85. The summed E-state index contributed by atoms with van der Waals surface area (Å²) >= 11 is 0. The van der Waals surface area contributed by atoms with Gasteiger partial charge in [-0.3, -0.25) is 4.79 Å². The minimum Gasteiger partial charge on any atom is -0.382 e. The Morgan fingerprint density at radius 3 is 3.13 bits per heavy atom. The quantitative estimate of drug-likeness (QED) is 0.682. The van der Waals surface area contributed by atoms with Crippen molar-refractivity contribution >= 4 is 5.91 Å². The lowest BCUT2D eigenvalue weighted by Crippen LogP contribution is -2.42. The number of nitrogens with one attached hydrogen (secondary N) is 1. The van der Waals surface area contributed by atoms with Gasteiger partial charge in [0.05, 0.1) is 6.04 Å². The average molecular weight is 214 g/mol.